The average molecular weight is 455 g/mol. The number of nitrogens with zero attached hydrogens (tertiary/aromatic N) is 6. The molecule has 3 heterocycles. The molecule has 1 aliphatic heterocycles. The Labute approximate surface area is 178 Å². The average Bonchev–Trinajstić information content (AvgIpc) is 2.95. The van der Waals surface area contributed by atoms with Gasteiger partial charge < -0.3 is 4.90 Å². The van der Waals surface area contributed by atoms with Gasteiger partial charge in [-0.2, -0.15) is 0 Å². The smallest absolute Gasteiger partial charge is 0.225 e. The maximum atomic E-state index is 12.8. The first-order valence-electron chi connectivity index (χ1n) is 9.88. The summed E-state index contributed by atoms with van der Waals surface area (Å²) in [5.74, 6) is 2.05. The van der Waals surface area contributed by atoms with Crippen LogP contribution in [0.1, 0.15) is 25.7 Å². The summed E-state index contributed by atoms with van der Waals surface area (Å²) in [6, 6.07) is 11.6. The van der Waals surface area contributed by atoms with E-state index in [0.717, 1.165) is 43.9 Å². The highest BCUT2D eigenvalue weighted by molar-refractivity contribution is 9.10. The molecule has 4 rings (SSSR count). The van der Waals surface area contributed by atoms with Gasteiger partial charge in [-0.25, -0.2) is 19.6 Å². The molecule has 0 radical (unpaired) electrons. The van der Waals surface area contributed by atoms with Crippen LogP contribution in [0.15, 0.2) is 53.5 Å². The summed E-state index contributed by atoms with van der Waals surface area (Å²) in [6.07, 6.45) is 7.16. The molecular formula is C21H23BrN6O. The summed E-state index contributed by atoms with van der Waals surface area (Å²) in [5.41, 5.74) is 0.950. The minimum absolute atomic E-state index is 0.189. The maximum Gasteiger partial charge on any atom is 0.225 e. The van der Waals surface area contributed by atoms with Gasteiger partial charge in [-0.15, -0.1) is 5.10 Å². The summed E-state index contributed by atoms with van der Waals surface area (Å²) < 4.78 is 2.19. The molecule has 0 spiro atoms. The second-order valence-electron chi connectivity index (χ2n) is 7.30. The van der Waals surface area contributed by atoms with Gasteiger partial charge in [-0.3, -0.25) is 4.79 Å². The molecule has 150 valence electrons. The molecule has 0 amide bonds. The summed E-state index contributed by atoms with van der Waals surface area (Å²) >= 11 is 3.34. The van der Waals surface area contributed by atoms with E-state index in [2.05, 4.69) is 40.9 Å². The second-order valence-corrected chi connectivity index (χ2v) is 8.01. The third-order valence-corrected chi connectivity index (χ3v) is 5.54. The van der Waals surface area contributed by atoms with Gasteiger partial charge in [0.15, 0.2) is 11.6 Å². The van der Waals surface area contributed by atoms with Crippen molar-refractivity contribution in [2.45, 2.75) is 32.2 Å². The standard InChI is InChI=1S/C21H23BrN6O/c22-20-25-19(17-7-2-1-3-8-17)28(26-20)15-18(29)14-16-6-4-12-27(13-9-16)21-23-10-5-11-24-21/h1-3,5,7-8,10-11,16H,4,6,9,12-15H2. The van der Waals surface area contributed by atoms with E-state index >= 15 is 0 Å². The quantitative estimate of drug-likeness (QED) is 0.564. The van der Waals surface area contributed by atoms with E-state index in [4.69, 9.17) is 0 Å². The van der Waals surface area contributed by atoms with Gasteiger partial charge in [-0.05, 0) is 47.2 Å². The molecule has 8 heteroatoms. The molecule has 0 N–H and O–H groups in total. The number of carbonyl (C=O) groups excluding carboxylic acids is 1. The minimum atomic E-state index is 0.189. The van der Waals surface area contributed by atoms with Gasteiger partial charge in [-0.1, -0.05) is 30.3 Å². The molecule has 0 saturated carbocycles. The van der Waals surface area contributed by atoms with Gasteiger partial charge in [0.25, 0.3) is 0 Å². The van der Waals surface area contributed by atoms with Gasteiger partial charge in [0.1, 0.15) is 6.54 Å². The lowest BCUT2D eigenvalue weighted by atomic mass is 9.95. The Hall–Kier alpha value is -2.61. The van der Waals surface area contributed by atoms with Crippen LogP contribution in [0.4, 0.5) is 5.95 Å². The van der Waals surface area contributed by atoms with E-state index in [1.807, 2.05) is 36.4 Å². The highest BCUT2D eigenvalue weighted by Crippen LogP contribution is 2.24. The van der Waals surface area contributed by atoms with Crippen molar-refractivity contribution < 1.29 is 4.79 Å². The lowest BCUT2D eigenvalue weighted by Crippen LogP contribution is -2.26. The zero-order valence-electron chi connectivity index (χ0n) is 16.1. The van der Waals surface area contributed by atoms with Gasteiger partial charge in [0.2, 0.25) is 10.7 Å². The fourth-order valence-corrected chi connectivity index (χ4v) is 4.16. The third-order valence-electron chi connectivity index (χ3n) is 5.20. The number of halogens is 1. The number of ketones is 1. The number of aromatic nitrogens is 5. The monoisotopic (exact) mass is 454 g/mol. The number of hydrogen-bond acceptors (Lipinski definition) is 6. The largest absolute Gasteiger partial charge is 0.341 e. The van der Waals surface area contributed by atoms with E-state index in [1.165, 1.54) is 0 Å². The van der Waals surface area contributed by atoms with E-state index in [0.29, 0.717) is 22.9 Å². The van der Waals surface area contributed by atoms with Crippen LogP contribution in [0.5, 0.6) is 0 Å². The van der Waals surface area contributed by atoms with Crippen molar-refractivity contribution in [2.24, 2.45) is 5.92 Å². The molecule has 1 unspecified atom stereocenters. The number of carbonyl (C=O) groups is 1. The first-order valence-corrected chi connectivity index (χ1v) is 10.7. The van der Waals surface area contributed by atoms with Crippen molar-refractivity contribution in [1.82, 2.24) is 24.7 Å². The Morgan fingerprint density at radius 2 is 1.86 bits per heavy atom. The molecule has 0 bridgehead atoms. The van der Waals surface area contributed by atoms with Gasteiger partial charge in [0, 0.05) is 37.5 Å². The predicted octanol–water partition coefficient (Wildman–Crippen LogP) is 3.76. The van der Waals surface area contributed by atoms with Crippen molar-refractivity contribution in [1.29, 1.82) is 0 Å². The predicted molar refractivity (Wildman–Crippen MR) is 114 cm³/mol. The van der Waals surface area contributed by atoms with E-state index in [1.54, 1.807) is 17.1 Å². The molecule has 3 aromatic rings. The molecular weight excluding hydrogens is 432 g/mol. The minimum Gasteiger partial charge on any atom is -0.341 e. The molecule has 1 saturated heterocycles. The Morgan fingerprint density at radius 1 is 1.07 bits per heavy atom. The summed E-state index contributed by atoms with van der Waals surface area (Å²) in [7, 11) is 0. The molecule has 0 aliphatic carbocycles. The Balaban J connectivity index is 1.37. The normalized spacial score (nSPS) is 17.1. The number of rotatable bonds is 6. The Kier molecular flexibility index (Phi) is 6.29. The van der Waals surface area contributed by atoms with Crippen LogP contribution in [0.3, 0.4) is 0 Å². The molecule has 29 heavy (non-hydrogen) atoms. The topological polar surface area (TPSA) is 76.8 Å². The third kappa shape index (κ3) is 5.06. The van der Waals surface area contributed by atoms with E-state index in [-0.39, 0.29) is 12.3 Å². The van der Waals surface area contributed by atoms with Crippen LogP contribution in [0.25, 0.3) is 11.4 Å². The first kappa shape index (κ1) is 19.7. The molecule has 1 aromatic carbocycles. The van der Waals surface area contributed by atoms with Crippen LogP contribution in [0, 0.1) is 5.92 Å². The van der Waals surface area contributed by atoms with Crippen LogP contribution in [-0.4, -0.2) is 43.6 Å². The van der Waals surface area contributed by atoms with Crippen LogP contribution in [-0.2, 0) is 11.3 Å². The lowest BCUT2D eigenvalue weighted by Gasteiger charge is -2.20. The van der Waals surface area contributed by atoms with Crippen molar-refractivity contribution in [2.75, 3.05) is 18.0 Å². The van der Waals surface area contributed by atoms with Crippen molar-refractivity contribution in [3.8, 4) is 11.4 Å². The highest BCUT2D eigenvalue weighted by atomic mass is 79.9. The van der Waals surface area contributed by atoms with Crippen molar-refractivity contribution in [3.05, 3.63) is 53.5 Å². The fourth-order valence-electron chi connectivity index (χ4n) is 3.80. The number of benzene rings is 1. The van der Waals surface area contributed by atoms with Crippen molar-refractivity contribution in [3.63, 3.8) is 0 Å². The van der Waals surface area contributed by atoms with Crippen molar-refractivity contribution >= 4 is 27.7 Å². The first-order chi connectivity index (χ1) is 14.2. The second kappa shape index (κ2) is 9.26. The molecule has 1 atom stereocenters. The lowest BCUT2D eigenvalue weighted by molar-refractivity contribution is -0.120. The van der Waals surface area contributed by atoms with Crippen LogP contribution < -0.4 is 4.90 Å². The summed E-state index contributed by atoms with van der Waals surface area (Å²) in [5, 5.41) is 4.37. The zero-order valence-corrected chi connectivity index (χ0v) is 17.7. The maximum absolute atomic E-state index is 12.8. The molecule has 2 aromatic heterocycles. The Bertz CT molecular complexity index is 946. The molecule has 1 fully saturated rings. The van der Waals surface area contributed by atoms with Gasteiger partial charge in [0.05, 0.1) is 0 Å². The summed E-state index contributed by atoms with van der Waals surface area (Å²) in [6.45, 7) is 2.06. The molecule has 7 nitrogen and oxygen atoms in total. The van der Waals surface area contributed by atoms with E-state index in [9.17, 15) is 4.79 Å². The van der Waals surface area contributed by atoms with Gasteiger partial charge >= 0.3 is 0 Å². The Morgan fingerprint density at radius 3 is 2.66 bits per heavy atom. The van der Waals surface area contributed by atoms with Crippen LogP contribution in [0.2, 0.25) is 0 Å². The van der Waals surface area contributed by atoms with Crippen LogP contribution >= 0.6 is 15.9 Å². The zero-order chi connectivity index (χ0) is 20.1. The number of Topliss-reactive ketones (excluding diaryl/α,β-unsaturated/α-hetero) is 1. The molecule has 1 aliphatic rings. The number of anilines is 1. The van der Waals surface area contributed by atoms with E-state index < -0.39 is 0 Å². The fraction of sp³-hybridized carbons (Fsp3) is 0.381. The number of hydrogen-bond donors (Lipinski definition) is 0. The SMILES string of the molecule is O=C(CC1CCCN(c2ncccn2)CC1)Cn1nc(Br)nc1-c1ccccc1. The summed E-state index contributed by atoms with van der Waals surface area (Å²) in [4.78, 5) is 28.1. The highest BCUT2D eigenvalue weighted by Gasteiger charge is 2.22.